The molecule has 1 saturated heterocycles. The Bertz CT molecular complexity index is 519. The topological polar surface area (TPSA) is 55.6 Å². The molecule has 1 heterocycles. The zero-order valence-electron chi connectivity index (χ0n) is 12.8. The summed E-state index contributed by atoms with van der Waals surface area (Å²) in [6.07, 6.45) is 2.24. The van der Waals surface area contributed by atoms with Crippen LogP contribution in [0, 0.1) is 0 Å². The number of nitrogens with two attached hydrogens (primary N) is 1. The molecule has 1 amide bonds. The first-order valence-corrected chi connectivity index (χ1v) is 7.73. The van der Waals surface area contributed by atoms with Crippen molar-refractivity contribution in [1.82, 2.24) is 4.90 Å². The quantitative estimate of drug-likeness (QED) is 0.933. The summed E-state index contributed by atoms with van der Waals surface area (Å²) in [5.41, 5.74) is 7.32. The summed E-state index contributed by atoms with van der Waals surface area (Å²) >= 11 is 6.23. The Morgan fingerprint density at radius 1 is 1.43 bits per heavy atom. The summed E-state index contributed by atoms with van der Waals surface area (Å²) in [4.78, 5) is 14.3. The number of benzene rings is 1. The summed E-state index contributed by atoms with van der Waals surface area (Å²) in [6.45, 7) is 4.04. The number of carbonyl (C=O) groups is 1. The highest BCUT2D eigenvalue weighted by atomic mass is 35.5. The molecule has 0 spiro atoms. The van der Waals surface area contributed by atoms with E-state index in [9.17, 15) is 4.79 Å². The van der Waals surface area contributed by atoms with Crippen molar-refractivity contribution < 1.29 is 9.53 Å². The van der Waals surface area contributed by atoms with Gasteiger partial charge in [0, 0.05) is 18.5 Å². The number of nitrogens with zero attached hydrogens (tertiary/aromatic N) is 1. The van der Waals surface area contributed by atoms with Gasteiger partial charge in [0.05, 0.1) is 18.2 Å². The van der Waals surface area contributed by atoms with E-state index in [-0.39, 0.29) is 24.0 Å². The monoisotopic (exact) mass is 310 g/mol. The smallest absolute Gasteiger partial charge is 0.223 e. The van der Waals surface area contributed by atoms with Crippen molar-refractivity contribution in [2.75, 3.05) is 7.11 Å². The van der Waals surface area contributed by atoms with Crippen molar-refractivity contribution in [1.29, 1.82) is 0 Å². The van der Waals surface area contributed by atoms with E-state index in [0.29, 0.717) is 17.2 Å². The molecule has 21 heavy (non-hydrogen) atoms. The van der Waals surface area contributed by atoms with Crippen LogP contribution in [0.15, 0.2) is 18.2 Å². The molecule has 1 aromatic carbocycles. The van der Waals surface area contributed by atoms with Crippen LogP contribution in [0.2, 0.25) is 5.02 Å². The molecule has 1 aromatic rings. The van der Waals surface area contributed by atoms with Crippen molar-refractivity contribution in [3.63, 3.8) is 0 Å². The molecule has 2 N–H and O–H groups in total. The first-order valence-electron chi connectivity index (χ1n) is 7.36. The van der Waals surface area contributed by atoms with Crippen LogP contribution in [0.4, 0.5) is 0 Å². The summed E-state index contributed by atoms with van der Waals surface area (Å²) in [7, 11) is 1.59. The molecule has 0 aliphatic carbocycles. The lowest BCUT2D eigenvalue weighted by molar-refractivity contribution is -0.135. The van der Waals surface area contributed by atoms with Gasteiger partial charge in [-0.05, 0) is 44.4 Å². The summed E-state index contributed by atoms with van der Waals surface area (Å²) in [5.74, 6) is 0.792. The van der Waals surface area contributed by atoms with Crippen LogP contribution in [0.3, 0.4) is 0 Å². The first kappa shape index (κ1) is 16.1. The first-order chi connectivity index (χ1) is 9.95. The van der Waals surface area contributed by atoms with E-state index in [1.54, 1.807) is 7.11 Å². The average Bonchev–Trinajstić information content (AvgIpc) is 2.57. The number of ether oxygens (including phenoxy) is 1. The fourth-order valence-corrected chi connectivity index (χ4v) is 3.29. The standard InChI is InChI=1S/C16H23ClN2O2/c1-10(2)19-15(20)6-4-5-13(18)16(19)11-7-8-14(21-3)12(17)9-11/h7-10,13,16H,4-6,18H2,1-3H3. The highest BCUT2D eigenvalue weighted by Crippen LogP contribution is 2.35. The SMILES string of the molecule is COc1ccc(C2C(N)CCCC(=O)N2C(C)C)cc1Cl. The molecule has 116 valence electrons. The zero-order valence-corrected chi connectivity index (χ0v) is 13.6. The Morgan fingerprint density at radius 2 is 2.14 bits per heavy atom. The van der Waals surface area contributed by atoms with Gasteiger partial charge in [-0.1, -0.05) is 17.7 Å². The number of halogens is 1. The van der Waals surface area contributed by atoms with Gasteiger partial charge in [0.25, 0.3) is 0 Å². The second-order valence-corrected chi connectivity index (χ2v) is 6.20. The Balaban J connectivity index is 2.44. The maximum absolute atomic E-state index is 12.4. The number of carbonyl (C=O) groups excluding carboxylic acids is 1. The lowest BCUT2D eigenvalue weighted by Crippen LogP contribution is -2.45. The van der Waals surface area contributed by atoms with E-state index < -0.39 is 0 Å². The third-order valence-corrected chi connectivity index (χ3v) is 4.29. The number of amides is 1. The maximum atomic E-state index is 12.4. The van der Waals surface area contributed by atoms with Gasteiger partial charge in [0.15, 0.2) is 0 Å². The minimum atomic E-state index is -0.136. The molecule has 0 bridgehead atoms. The molecule has 0 radical (unpaired) electrons. The third kappa shape index (κ3) is 3.33. The van der Waals surface area contributed by atoms with Gasteiger partial charge in [-0.2, -0.15) is 0 Å². The van der Waals surface area contributed by atoms with E-state index in [2.05, 4.69) is 0 Å². The van der Waals surface area contributed by atoms with Gasteiger partial charge < -0.3 is 15.4 Å². The molecule has 0 saturated carbocycles. The molecular formula is C16H23ClN2O2. The molecule has 5 heteroatoms. The fourth-order valence-electron chi connectivity index (χ4n) is 3.02. The van der Waals surface area contributed by atoms with Gasteiger partial charge in [-0.25, -0.2) is 0 Å². The van der Waals surface area contributed by atoms with Gasteiger partial charge in [0.2, 0.25) is 5.91 Å². The summed E-state index contributed by atoms with van der Waals surface area (Å²) in [6, 6.07) is 5.53. The fraction of sp³-hybridized carbons (Fsp3) is 0.562. The van der Waals surface area contributed by atoms with E-state index >= 15 is 0 Å². The summed E-state index contributed by atoms with van der Waals surface area (Å²) in [5, 5.41) is 0.544. The zero-order chi connectivity index (χ0) is 15.6. The van der Waals surface area contributed by atoms with Gasteiger partial charge in [0.1, 0.15) is 5.75 Å². The Labute approximate surface area is 131 Å². The van der Waals surface area contributed by atoms with E-state index in [0.717, 1.165) is 18.4 Å². The number of hydrogen-bond donors (Lipinski definition) is 1. The molecule has 2 atom stereocenters. The Hall–Kier alpha value is -1.26. The summed E-state index contributed by atoms with van der Waals surface area (Å²) < 4.78 is 5.19. The maximum Gasteiger partial charge on any atom is 0.223 e. The molecule has 1 fully saturated rings. The van der Waals surface area contributed by atoms with Crippen molar-refractivity contribution in [3.05, 3.63) is 28.8 Å². The number of methoxy groups -OCH3 is 1. The van der Waals surface area contributed by atoms with Crippen LogP contribution >= 0.6 is 11.6 Å². The molecule has 2 rings (SSSR count). The molecule has 4 nitrogen and oxygen atoms in total. The molecular weight excluding hydrogens is 288 g/mol. The molecule has 1 aliphatic rings. The lowest BCUT2D eigenvalue weighted by atomic mass is 9.95. The predicted molar refractivity (Wildman–Crippen MR) is 84.6 cm³/mol. The van der Waals surface area contributed by atoms with Crippen molar-refractivity contribution in [3.8, 4) is 5.75 Å². The van der Waals surface area contributed by atoms with Gasteiger partial charge >= 0.3 is 0 Å². The second-order valence-electron chi connectivity index (χ2n) is 5.79. The minimum Gasteiger partial charge on any atom is -0.495 e. The number of likely N-dealkylation sites (tertiary alicyclic amines) is 1. The van der Waals surface area contributed by atoms with Crippen LogP contribution < -0.4 is 10.5 Å². The van der Waals surface area contributed by atoms with Crippen molar-refractivity contribution >= 4 is 17.5 Å². The third-order valence-electron chi connectivity index (χ3n) is 4.00. The normalized spacial score (nSPS) is 23.3. The molecule has 2 unspecified atom stereocenters. The van der Waals surface area contributed by atoms with Crippen molar-refractivity contribution in [2.45, 2.75) is 51.2 Å². The minimum absolute atomic E-state index is 0.0803. The second kappa shape index (κ2) is 6.67. The Kier molecular flexibility index (Phi) is 5.12. The highest BCUT2D eigenvalue weighted by molar-refractivity contribution is 6.32. The van der Waals surface area contributed by atoms with Gasteiger partial charge in [-0.3, -0.25) is 4.79 Å². The lowest BCUT2D eigenvalue weighted by Gasteiger charge is -2.37. The van der Waals surface area contributed by atoms with Crippen LogP contribution in [0.1, 0.15) is 44.7 Å². The predicted octanol–water partition coefficient (Wildman–Crippen LogP) is 3.14. The van der Waals surface area contributed by atoms with E-state index in [1.807, 2.05) is 36.9 Å². The Morgan fingerprint density at radius 3 is 2.71 bits per heavy atom. The van der Waals surface area contributed by atoms with Crippen LogP contribution in [0.25, 0.3) is 0 Å². The van der Waals surface area contributed by atoms with Gasteiger partial charge in [-0.15, -0.1) is 0 Å². The van der Waals surface area contributed by atoms with Crippen LogP contribution in [-0.4, -0.2) is 30.0 Å². The molecule has 1 aliphatic heterocycles. The van der Waals surface area contributed by atoms with Crippen LogP contribution in [0.5, 0.6) is 5.75 Å². The largest absolute Gasteiger partial charge is 0.495 e. The number of rotatable bonds is 3. The van der Waals surface area contributed by atoms with Crippen LogP contribution in [-0.2, 0) is 4.79 Å². The average molecular weight is 311 g/mol. The molecule has 0 aromatic heterocycles. The highest BCUT2D eigenvalue weighted by Gasteiger charge is 2.34. The van der Waals surface area contributed by atoms with E-state index in [1.165, 1.54) is 0 Å². The number of hydrogen-bond acceptors (Lipinski definition) is 3. The van der Waals surface area contributed by atoms with E-state index in [4.69, 9.17) is 22.1 Å². The van der Waals surface area contributed by atoms with Crippen molar-refractivity contribution in [2.24, 2.45) is 5.73 Å².